The van der Waals surface area contributed by atoms with Crippen LogP contribution in [0.2, 0.25) is 0 Å². The smallest absolute Gasteiger partial charge is 0.345 e. The molecule has 0 atom stereocenters. The predicted molar refractivity (Wildman–Crippen MR) is 55.9 cm³/mol. The van der Waals surface area contributed by atoms with Crippen LogP contribution in [0.3, 0.4) is 0 Å². The van der Waals surface area contributed by atoms with Gasteiger partial charge in [0.15, 0.2) is 0 Å². The number of aryl methyl sites for hydroxylation is 1. The fourth-order valence-electron chi connectivity index (χ4n) is 1.24. The van der Waals surface area contributed by atoms with Gasteiger partial charge in [-0.05, 0) is 13.8 Å². The molecule has 82 valence electrons. The van der Waals surface area contributed by atoms with Gasteiger partial charge >= 0.3 is 5.97 Å². The number of carbonyl (C=O) groups is 1. The number of ether oxygens (including phenoxy) is 2. The molecule has 1 rings (SSSR count). The van der Waals surface area contributed by atoms with E-state index in [1.807, 2.05) is 0 Å². The highest BCUT2D eigenvalue weighted by Gasteiger charge is 2.18. The van der Waals surface area contributed by atoms with E-state index in [1.165, 1.54) is 7.11 Å². The first kappa shape index (κ1) is 11.3. The number of anilines is 1. The number of pyridine rings is 1. The number of carbonyl (C=O) groups excluding carboxylic acids is 1. The highest BCUT2D eigenvalue weighted by atomic mass is 16.5. The first-order valence-corrected chi connectivity index (χ1v) is 4.58. The monoisotopic (exact) mass is 210 g/mol. The van der Waals surface area contributed by atoms with Crippen LogP contribution in [-0.2, 0) is 4.74 Å². The topological polar surface area (TPSA) is 74.4 Å². The number of hydrogen-bond donors (Lipinski definition) is 1. The summed E-state index contributed by atoms with van der Waals surface area (Å²) in [5.74, 6) is 0.00287. The summed E-state index contributed by atoms with van der Waals surface area (Å²) in [4.78, 5) is 15.5. The molecule has 5 heteroatoms. The van der Waals surface area contributed by atoms with Crippen molar-refractivity contribution >= 4 is 11.8 Å². The summed E-state index contributed by atoms with van der Waals surface area (Å²) in [7, 11) is 1.47. The van der Waals surface area contributed by atoms with Crippen LogP contribution in [0.4, 0.5) is 5.82 Å². The second-order valence-corrected chi connectivity index (χ2v) is 2.95. The first-order chi connectivity index (χ1) is 7.10. The van der Waals surface area contributed by atoms with E-state index in [0.717, 1.165) is 0 Å². The van der Waals surface area contributed by atoms with Crippen molar-refractivity contribution in [3.8, 4) is 5.75 Å². The molecule has 0 saturated carbocycles. The Labute approximate surface area is 88.2 Å². The molecule has 0 amide bonds. The molecule has 15 heavy (non-hydrogen) atoms. The van der Waals surface area contributed by atoms with Gasteiger partial charge in [-0.25, -0.2) is 9.78 Å². The molecule has 1 aromatic heterocycles. The van der Waals surface area contributed by atoms with Gasteiger partial charge < -0.3 is 15.2 Å². The average molecular weight is 210 g/mol. The summed E-state index contributed by atoms with van der Waals surface area (Å²) in [5, 5.41) is 0. The normalized spacial score (nSPS) is 9.80. The Bertz CT molecular complexity index is 377. The molecule has 0 aromatic carbocycles. The predicted octanol–water partition coefficient (Wildman–Crippen LogP) is 1.16. The first-order valence-electron chi connectivity index (χ1n) is 4.58. The number of nitrogen functional groups attached to an aromatic ring is 1. The molecular formula is C10H14N2O3. The quantitative estimate of drug-likeness (QED) is 0.757. The third-order valence-corrected chi connectivity index (χ3v) is 1.84. The number of esters is 1. The standard InChI is InChI=1S/C10H14N2O3/c1-4-15-10(13)8-7(14-3)5-6(2)12-9(8)11/h5H,4H2,1-3H3,(H2,11,12). The maximum absolute atomic E-state index is 11.5. The minimum atomic E-state index is -0.514. The Morgan fingerprint density at radius 2 is 2.27 bits per heavy atom. The van der Waals surface area contributed by atoms with Crippen molar-refractivity contribution in [3.05, 3.63) is 17.3 Å². The Kier molecular flexibility index (Phi) is 3.49. The van der Waals surface area contributed by atoms with Crippen molar-refractivity contribution in [2.45, 2.75) is 13.8 Å². The van der Waals surface area contributed by atoms with Gasteiger partial charge in [0.1, 0.15) is 17.1 Å². The van der Waals surface area contributed by atoms with Crippen molar-refractivity contribution < 1.29 is 14.3 Å². The van der Waals surface area contributed by atoms with Crippen molar-refractivity contribution in [1.82, 2.24) is 4.98 Å². The SMILES string of the molecule is CCOC(=O)c1c(OC)cc(C)nc1N. The van der Waals surface area contributed by atoms with Crippen LogP contribution < -0.4 is 10.5 Å². The van der Waals surface area contributed by atoms with Crippen LogP contribution in [-0.4, -0.2) is 24.7 Å². The summed E-state index contributed by atoms with van der Waals surface area (Å²) < 4.78 is 9.91. The number of methoxy groups -OCH3 is 1. The largest absolute Gasteiger partial charge is 0.496 e. The fraction of sp³-hybridized carbons (Fsp3) is 0.400. The third kappa shape index (κ3) is 2.37. The highest BCUT2D eigenvalue weighted by molar-refractivity contribution is 5.97. The maximum atomic E-state index is 11.5. The van der Waals surface area contributed by atoms with E-state index < -0.39 is 5.97 Å². The van der Waals surface area contributed by atoms with Gasteiger partial charge in [0, 0.05) is 11.8 Å². The average Bonchev–Trinajstić information content (AvgIpc) is 2.16. The number of nitrogens with zero attached hydrogens (tertiary/aromatic N) is 1. The summed E-state index contributed by atoms with van der Waals surface area (Å²) in [5.41, 5.74) is 6.51. The van der Waals surface area contributed by atoms with Gasteiger partial charge in [-0.15, -0.1) is 0 Å². The Hall–Kier alpha value is -1.78. The van der Waals surface area contributed by atoms with Crippen molar-refractivity contribution in [3.63, 3.8) is 0 Å². The van der Waals surface area contributed by atoms with Crippen molar-refractivity contribution in [1.29, 1.82) is 0 Å². The molecule has 0 saturated heterocycles. The van der Waals surface area contributed by atoms with E-state index in [9.17, 15) is 4.79 Å². The molecule has 0 aliphatic rings. The number of hydrogen-bond acceptors (Lipinski definition) is 5. The minimum Gasteiger partial charge on any atom is -0.496 e. The van der Waals surface area contributed by atoms with E-state index >= 15 is 0 Å². The van der Waals surface area contributed by atoms with Crippen LogP contribution >= 0.6 is 0 Å². The van der Waals surface area contributed by atoms with Gasteiger partial charge in [-0.3, -0.25) is 0 Å². The van der Waals surface area contributed by atoms with Gasteiger partial charge in [0.05, 0.1) is 13.7 Å². The van der Waals surface area contributed by atoms with Crippen molar-refractivity contribution in [2.24, 2.45) is 0 Å². The molecule has 0 bridgehead atoms. The van der Waals surface area contributed by atoms with E-state index in [1.54, 1.807) is 19.9 Å². The van der Waals surface area contributed by atoms with Crippen LogP contribution in [0.1, 0.15) is 23.0 Å². The highest BCUT2D eigenvalue weighted by Crippen LogP contribution is 2.24. The zero-order valence-electron chi connectivity index (χ0n) is 9.03. The molecule has 0 fully saturated rings. The molecule has 1 aromatic rings. The van der Waals surface area contributed by atoms with Gasteiger partial charge in [-0.1, -0.05) is 0 Å². The number of aromatic nitrogens is 1. The lowest BCUT2D eigenvalue weighted by Crippen LogP contribution is -2.11. The second kappa shape index (κ2) is 4.63. The lowest BCUT2D eigenvalue weighted by atomic mass is 10.2. The number of nitrogens with two attached hydrogens (primary N) is 1. The lowest BCUT2D eigenvalue weighted by Gasteiger charge is -2.10. The van der Waals surface area contributed by atoms with Gasteiger partial charge in [-0.2, -0.15) is 0 Å². The Morgan fingerprint density at radius 1 is 1.60 bits per heavy atom. The molecular weight excluding hydrogens is 196 g/mol. The maximum Gasteiger partial charge on any atom is 0.345 e. The van der Waals surface area contributed by atoms with E-state index in [0.29, 0.717) is 11.4 Å². The molecule has 1 heterocycles. The van der Waals surface area contributed by atoms with Gasteiger partial charge in [0.2, 0.25) is 0 Å². The fourth-order valence-corrected chi connectivity index (χ4v) is 1.24. The molecule has 0 radical (unpaired) electrons. The van der Waals surface area contributed by atoms with Crippen LogP contribution in [0, 0.1) is 6.92 Å². The van der Waals surface area contributed by atoms with Crippen molar-refractivity contribution in [2.75, 3.05) is 19.5 Å². The Morgan fingerprint density at radius 3 is 2.80 bits per heavy atom. The zero-order chi connectivity index (χ0) is 11.4. The molecule has 0 aliphatic heterocycles. The van der Waals surface area contributed by atoms with Gasteiger partial charge in [0.25, 0.3) is 0 Å². The second-order valence-electron chi connectivity index (χ2n) is 2.95. The van der Waals surface area contributed by atoms with Crippen LogP contribution in [0.25, 0.3) is 0 Å². The minimum absolute atomic E-state index is 0.130. The lowest BCUT2D eigenvalue weighted by molar-refractivity contribution is 0.0523. The summed E-state index contributed by atoms with van der Waals surface area (Å²) in [6.45, 7) is 3.78. The third-order valence-electron chi connectivity index (χ3n) is 1.84. The molecule has 2 N–H and O–H groups in total. The van der Waals surface area contributed by atoms with Crippen LogP contribution in [0.5, 0.6) is 5.75 Å². The zero-order valence-corrected chi connectivity index (χ0v) is 9.03. The molecule has 0 aliphatic carbocycles. The summed E-state index contributed by atoms with van der Waals surface area (Å²) >= 11 is 0. The van der Waals surface area contributed by atoms with E-state index in [4.69, 9.17) is 15.2 Å². The Balaban J connectivity index is 3.20. The molecule has 0 unspecified atom stereocenters. The molecule has 0 spiro atoms. The van der Waals surface area contributed by atoms with E-state index in [-0.39, 0.29) is 18.0 Å². The van der Waals surface area contributed by atoms with Crippen LogP contribution in [0.15, 0.2) is 6.07 Å². The van der Waals surface area contributed by atoms with E-state index in [2.05, 4.69) is 4.98 Å². The summed E-state index contributed by atoms with van der Waals surface area (Å²) in [6.07, 6.45) is 0. The molecule has 5 nitrogen and oxygen atoms in total. The number of rotatable bonds is 3. The summed E-state index contributed by atoms with van der Waals surface area (Å²) in [6, 6.07) is 1.64.